The second kappa shape index (κ2) is 3.98. The largest absolute Gasteiger partial charge is 0.496 e. The summed E-state index contributed by atoms with van der Waals surface area (Å²) in [6, 6.07) is 3.68. The van der Waals surface area contributed by atoms with Crippen molar-refractivity contribution in [3.05, 3.63) is 29.3 Å². The van der Waals surface area contributed by atoms with Crippen LogP contribution in [-0.2, 0) is 0 Å². The predicted molar refractivity (Wildman–Crippen MR) is 43.3 cm³/mol. The molecule has 0 aliphatic carbocycles. The number of carbonyl (C=O) groups is 1. The van der Waals surface area contributed by atoms with Crippen molar-refractivity contribution >= 4 is 6.29 Å². The van der Waals surface area contributed by atoms with E-state index in [0.29, 0.717) is 6.29 Å². The maximum atomic E-state index is 12.2. The van der Waals surface area contributed by atoms with Gasteiger partial charge < -0.3 is 4.74 Å². The lowest BCUT2D eigenvalue weighted by Crippen LogP contribution is -1.93. The molecule has 0 radical (unpaired) electrons. The molecule has 0 atom stereocenters. The molecule has 0 aliphatic rings. The maximum Gasteiger partial charge on any atom is 0.263 e. The zero-order valence-electron chi connectivity index (χ0n) is 6.96. The molecule has 0 saturated carbocycles. The van der Waals surface area contributed by atoms with Crippen LogP contribution in [0.15, 0.2) is 18.2 Å². The van der Waals surface area contributed by atoms with Crippen LogP contribution in [0.2, 0.25) is 0 Å². The lowest BCUT2D eigenvalue weighted by molar-refractivity contribution is 0.111. The van der Waals surface area contributed by atoms with Crippen molar-refractivity contribution in [2.75, 3.05) is 7.11 Å². The van der Waals surface area contributed by atoms with E-state index in [-0.39, 0.29) is 16.9 Å². The van der Waals surface area contributed by atoms with Crippen molar-refractivity contribution in [3.63, 3.8) is 0 Å². The zero-order valence-corrected chi connectivity index (χ0v) is 6.96. The first-order valence-electron chi connectivity index (χ1n) is 3.60. The second-order valence-electron chi connectivity index (χ2n) is 2.42. The Bertz CT molecular complexity index is 310. The van der Waals surface area contributed by atoms with E-state index in [4.69, 9.17) is 4.74 Å². The number of benzene rings is 1. The Kier molecular flexibility index (Phi) is 2.95. The van der Waals surface area contributed by atoms with Crippen molar-refractivity contribution in [2.24, 2.45) is 0 Å². The fourth-order valence-corrected chi connectivity index (χ4v) is 0.961. The molecule has 0 heterocycles. The third-order valence-corrected chi connectivity index (χ3v) is 1.64. The average Bonchev–Trinajstić information content (AvgIpc) is 2.16. The highest BCUT2D eigenvalue weighted by Crippen LogP contribution is 2.25. The Morgan fingerprint density at radius 1 is 1.46 bits per heavy atom. The van der Waals surface area contributed by atoms with Crippen LogP contribution >= 0.6 is 0 Å². The number of hydrogen-bond acceptors (Lipinski definition) is 2. The van der Waals surface area contributed by atoms with Crippen LogP contribution < -0.4 is 4.74 Å². The topological polar surface area (TPSA) is 26.3 Å². The molecule has 1 rings (SSSR count). The SMILES string of the molecule is COc1cc(C(F)F)ccc1C=O. The molecule has 4 heteroatoms. The summed E-state index contributed by atoms with van der Waals surface area (Å²) in [7, 11) is 1.33. The van der Waals surface area contributed by atoms with Crippen LogP contribution in [0.25, 0.3) is 0 Å². The van der Waals surface area contributed by atoms with E-state index in [1.54, 1.807) is 0 Å². The normalized spacial score (nSPS) is 10.2. The molecule has 0 amide bonds. The first kappa shape index (κ1) is 9.64. The van der Waals surface area contributed by atoms with Gasteiger partial charge in [0.1, 0.15) is 5.75 Å². The van der Waals surface area contributed by atoms with E-state index < -0.39 is 6.43 Å². The first-order valence-corrected chi connectivity index (χ1v) is 3.60. The summed E-state index contributed by atoms with van der Waals surface area (Å²) in [5.74, 6) is 0.174. The van der Waals surface area contributed by atoms with Crippen LogP contribution in [0.5, 0.6) is 5.75 Å². The standard InChI is InChI=1S/C9H8F2O2/c1-13-8-4-6(9(10)11)2-3-7(8)5-12/h2-5,9H,1H3. The van der Waals surface area contributed by atoms with Gasteiger partial charge in [0.15, 0.2) is 6.29 Å². The highest BCUT2D eigenvalue weighted by Gasteiger charge is 2.10. The molecular weight excluding hydrogens is 178 g/mol. The fourth-order valence-electron chi connectivity index (χ4n) is 0.961. The molecule has 13 heavy (non-hydrogen) atoms. The van der Waals surface area contributed by atoms with Gasteiger partial charge in [-0.25, -0.2) is 8.78 Å². The second-order valence-corrected chi connectivity index (χ2v) is 2.42. The van der Waals surface area contributed by atoms with Crippen molar-refractivity contribution in [2.45, 2.75) is 6.43 Å². The molecule has 0 aliphatic heterocycles. The van der Waals surface area contributed by atoms with E-state index >= 15 is 0 Å². The van der Waals surface area contributed by atoms with Gasteiger partial charge in [0, 0.05) is 5.56 Å². The number of halogens is 2. The Morgan fingerprint density at radius 3 is 2.62 bits per heavy atom. The van der Waals surface area contributed by atoms with Crippen LogP contribution in [0.4, 0.5) is 8.78 Å². The van der Waals surface area contributed by atoms with Crippen molar-refractivity contribution < 1.29 is 18.3 Å². The minimum absolute atomic E-state index is 0.151. The minimum atomic E-state index is -2.55. The van der Waals surface area contributed by atoms with E-state index in [0.717, 1.165) is 6.07 Å². The summed E-state index contributed by atoms with van der Waals surface area (Å²) < 4.78 is 29.1. The smallest absolute Gasteiger partial charge is 0.263 e. The molecule has 0 unspecified atom stereocenters. The Morgan fingerprint density at radius 2 is 2.15 bits per heavy atom. The number of rotatable bonds is 3. The number of aldehydes is 1. The van der Waals surface area contributed by atoms with Crippen molar-refractivity contribution in [1.82, 2.24) is 0 Å². The van der Waals surface area contributed by atoms with Gasteiger partial charge in [0.25, 0.3) is 6.43 Å². The van der Waals surface area contributed by atoms with E-state index in [1.165, 1.54) is 19.2 Å². The molecule has 1 aromatic rings. The highest BCUT2D eigenvalue weighted by atomic mass is 19.3. The summed E-state index contributed by atoms with van der Waals surface area (Å²) in [5, 5.41) is 0. The third-order valence-electron chi connectivity index (χ3n) is 1.64. The lowest BCUT2D eigenvalue weighted by Gasteiger charge is -2.05. The summed E-state index contributed by atoms with van der Waals surface area (Å²) in [4.78, 5) is 10.4. The summed E-state index contributed by atoms with van der Waals surface area (Å²) in [6.45, 7) is 0. The van der Waals surface area contributed by atoms with Crippen LogP contribution in [-0.4, -0.2) is 13.4 Å². The monoisotopic (exact) mass is 186 g/mol. The quantitative estimate of drug-likeness (QED) is 0.677. The number of hydrogen-bond donors (Lipinski definition) is 0. The van der Waals surface area contributed by atoms with Gasteiger partial charge in [-0.05, 0) is 12.1 Å². The van der Waals surface area contributed by atoms with E-state index in [9.17, 15) is 13.6 Å². The average molecular weight is 186 g/mol. The van der Waals surface area contributed by atoms with Gasteiger partial charge >= 0.3 is 0 Å². The number of methoxy groups -OCH3 is 1. The molecule has 0 fully saturated rings. The predicted octanol–water partition coefficient (Wildman–Crippen LogP) is 2.45. The van der Waals surface area contributed by atoms with Gasteiger partial charge in [-0.15, -0.1) is 0 Å². The van der Waals surface area contributed by atoms with Gasteiger partial charge in [0.05, 0.1) is 12.7 Å². The van der Waals surface area contributed by atoms with Gasteiger partial charge in [0.2, 0.25) is 0 Å². The first-order chi connectivity index (χ1) is 6.19. The molecule has 0 aromatic heterocycles. The molecule has 0 saturated heterocycles. The molecule has 0 N–H and O–H groups in total. The number of alkyl halides is 2. The summed E-state index contributed by atoms with van der Waals surface area (Å²) in [5.41, 5.74) is 0.120. The van der Waals surface area contributed by atoms with Crippen LogP contribution in [0, 0.1) is 0 Å². The number of ether oxygens (including phenoxy) is 1. The molecular formula is C9H8F2O2. The third kappa shape index (κ3) is 2.02. The highest BCUT2D eigenvalue weighted by molar-refractivity contribution is 5.79. The fraction of sp³-hybridized carbons (Fsp3) is 0.222. The van der Waals surface area contributed by atoms with Crippen LogP contribution in [0.3, 0.4) is 0 Å². The minimum Gasteiger partial charge on any atom is -0.496 e. The Hall–Kier alpha value is -1.45. The molecule has 1 aromatic carbocycles. The van der Waals surface area contributed by atoms with Crippen molar-refractivity contribution in [1.29, 1.82) is 0 Å². The van der Waals surface area contributed by atoms with Crippen LogP contribution in [0.1, 0.15) is 22.3 Å². The molecule has 0 bridgehead atoms. The maximum absolute atomic E-state index is 12.2. The van der Waals surface area contributed by atoms with Crippen molar-refractivity contribution in [3.8, 4) is 5.75 Å². The lowest BCUT2D eigenvalue weighted by atomic mass is 10.1. The Labute approximate surface area is 74.1 Å². The van der Waals surface area contributed by atoms with E-state index in [1.807, 2.05) is 0 Å². The summed E-state index contributed by atoms with van der Waals surface area (Å²) >= 11 is 0. The molecule has 2 nitrogen and oxygen atoms in total. The molecule has 0 spiro atoms. The van der Waals surface area contributed by atoms with Gasteiger partial charge in [-0.3, -0.25) is 4.79 Å². The van der Waals surface area contributed by atoms with E-state index in [2.05, 4.69) is 0 Å². The number of carbonyl (C=O) groups excluding carboxylic acids is 1. The molecule has 70 valence electrons. The van der Waals surface area contributed by atoms with Gasteiger partial charge in [-0.2, -0.15) is 0 Å². The summed E-state index contributed by atoms with van der Waals surface area (Å²) in [6.07, 6.45) is -1.98. The Balaban J connectivity index is 3.12. The van der Waals surface area contributed by atoms with Gasteiger partial charge in [-0.1, -0.05) is 6.07 Å². The zero-order chi connectivity index (χ0) is 9.84.